The van der Waals surface area contributed by atoms with Crippen LogP contribution in [0.15, 0.2) is 77.6 Å². The number of fused-ring (bicyclic) bond motifs is 1. The van der Waals surface area contributed by atoms with E-state index in [0.29, 0.717) is 41.0 Å². The van der Waals surface area contributed by atoms with Crippen molar-refractivity contribution >= 4 is 28.4 Å². The van der Waals surface area contributed by atoms with Crippen LogP contribution in [0.5, 0.6) is 5.75 Å². The lowest BCUT2D eigenvalue weighted by atomic mass is 10.0. The maximum absolute atomic E-state index is 12.3. The average molecular weight is 520 g/mol. The third-order valence-electron chi connectivity index (χ3n) is 6.26. The molecule has 0 saturated heterocycles. The van der Waals surface area contributed by atoms with Crippen molar-refractivity contribution in [2.75, 3.05) is 6.54 Å². The first-order valence-corrected chi connectivity index (χ1v) is 12.5. The van der Waals surface area contributed by atoms with Crippen molar-refractivity contribution in [3.63, 3.8) is 0 Å². The van der Waals surface area contributed by atoms with Crippen LogP contribution in [0.4, 0.5) is 0 Å². The zero-order valence-corrected chi connectivity index (χ0v) is 21.3. The second-order valence-corrected chi connectivity index (χ2v) is 9.65. The van der Waals surface area contributed by atoms with Crippen LogP contribution in [-0.2, 0) is 24.2 Å². The number of aliphatic hydroxyl groups excluding tert-OH is 1. The standard InChI is InChI=1S/C29H30ClN3O4/c1-18(31-17-26(35)23-10-12-25(34)29-24(23)11-13-27(36)33-29)14-19-2-4-20(5-3-19)15-28(37)32-16-21-6-8-22(30)9-7-21/h2-13,18,26,31,34-35H,14-17H2,1H3,(H,32,37)(H,33,36)/t18-,26+/m1/s1. The highest BCUT2D eigenvalue weighted by Crippen LogP contribution is 2.28. The summed E-state index contributed by atoms with van der Waals surface area (Å²) < 4.78 is 0. The topological polar surface area (TPSA) is 114 Å². The minimum atomic E-state index is -0.815. The molecular weight excluding hydrogens is 490 g/mol. The van der Waals surface area contributed by atoms with Crippen LogP contribution in [-0.4, -0.2) is 33.7 Å². The van der Waals surface area contributed by atoms with E-state index in [-0.39, 0.29) is 23.3 Å². The Morgan fingerprint density at radius 1 is 0.946 bits per heavy atom. The summed E-state index contributed by atoms with van der Waals surface area (Å²) in [5.41, 5.74) is 3.68. The van der Waals surface area contributed by atoms with Crippen molar-refractivity contribution < 1.29 is 15.0 Å². The second-order valence-electron chi connectivity index (χ2n) is 9.21. The van der Waals surface area contributed by atoms with Gasteiger partial charge in [-0.1, -0.05) is 54.1 Å². The molecule has 37 heavy (non-hydrogen) atoms. The fourth-order valence-electron chi connectivity index (χ4n) is 4.24. The van der Waals surface area contributed by atoms with Crippen molar-refractivity contribution in [2.45, 2.75) is 38.5 Å². The Bertz CT molecular complexity index is 1420. The number of phenolic OH excluding ortho intramolecular Hbond substituents is 1. The normalized spacial score (nSPS) is 12.8. The molecule has 0 saturated carbocycles. The third-order valence-corrected chi connectivity index (χ3v) is 6.51. The Morgan fingerprint density at radius 2 is 1.62 bits per heavy atom. The number of aromatic amines is 1. The van der Waals surface area contributed by atoms with Gasteiger partial charge in [0.2, 0.25) is 11.5 Å². The number of hydrogen-bond donors (Lipinski definition) is 5. The lowest BCUT2D eigenvalue weighted by Crippen LogP contribution is -2.32. The molecule has 0 aliphatic heterocycles. The van der Waals surface area contributed by atoms with E-state index < -0.39 is 6.10 Å². The molecule has 8 heteroatoms. The second kappa shape index (κ2) is 12.1. The van der Waals surface area contributed by atoms with Crippen LogP contribution in [0.3, 0.4) is 0 Å². The highest BCUT2D eigenvalue weighted by atomic mass is 35.5. The summed E-state index contributed by atoms with van der Waals surface area (Å²) in [5, 5.41) is 28.3. The molecule has 1 aromatic heterocycles. The van der Waals surface area contributed by atoms with Crippen LogP contribution >= 0.6 is 11.6 Å². The molecule has 2 atom stereocenters. The maximum Gasteiger partial charge on any atom is 0.248 e. The summed E-state index contributed by atoms with van der Waals surface area (Å²) >= 11 is 5.89. The number of pyridine rings is 1. The summed E-state index contributed by atoms with van der Waals surface area (Å²) in [5.74, 6) is -0.0787. The van der Waals surface area contributed by atoms with E-state index in [2.05, 4.69) is 15.6 Å². The molecule has 0 aliphatic rings. The Balaban J connectivity index is 1.26. The number of aliphatic hydroxyl groups is 1. The molecule has 4 rings (SSSR count). The first-order chi connectivity index (χ1) is 17.8. The van der Waals surface area contributed by atoms with E-state index >= 15 is 0 Å². The number of nitrogens with one attached hydrogen (secondary N) is 3. The number of aromatic nitrogens is 1. The summed E-state index contributed by atoms with van der Waals surface area (Å²) in [6.45, 7) is 2.81. The van der Waals surface area contributed by atoms with Gasteiger partial charge in [-0.05, 0) is 59.9 Å². The van der Waals surface area contributed by atoms with Gasteiger partial charge in [0.1, 0.15) is 5.75 Å². The predicted octanol–water partition coefficient (Wildman–Crippen LogP) is 4.00. The van der Waals surface area contributed by atoms with Gasteiger partial charge in [0.05, 0.1) is 18.0 Å². The highest BCUT2D eigenvalue weighted by Gasteiger charge is 2.15. The first kappa shape index (κ1) is 26.4. The predicted molar refractivity (Wildman–Crippen MR) is 146 cm³/mol. The van der Waals surface area contributed by atoms with Gasteiger partial charge < -0.3 is 25.8 Å². The summed E-state index contributed by atoms with van der Waals surface area (Å²) in [7, 11) is 0. The van der Waals surface area contributed by atoms with Crippen molar-refractivity contribution in [3.05, 3.63) is 110 Å². The molecule has 0 spiro atoms. The van der Waals surface area contributed by atoms with E-state index in [1.54, 1.807) is 24.3 Å². The number of H-pyrrole nitrogens is 1. The fraction of sp³-hybridized carbons (Fsp3) is 0.241. The number of aromatic hydroxyl groups is 1. The number of rotatable bonds is 10. The van der Waals surface area contributed by atoms with E-state index in [1.807, 2.05) is 43.3 Å². The van der Waals surface area contributed by atoms with E-state index in [9.17, 15) is 19.8 Å². The van der Waals surface area contributed by atoms with Gasteiger partial charge in [0, 0.05) is 35.6 Å². The van der Waals surface area contributed by atoms with Crippen LogP contribution in [0.1, 0.15) is 35.3 Å². The monoisotopic (exact) mass is 519 g/mol. The Morgan fingerprint density at radius 3 is 2.35 bits per heavy atom. The number of carbonyl (C=O) groups excluding carboxylic acids is 1. The van der Waals surface area contributed by atoms with Crippen LogP contribution < -0.4 is 16.2 Å². The molecule has 0 radical (unpaired) electrons. The fourth-order valence-corrected chi connectivity index (χ4v) is 4.37. The Hall–Kier alpha value is -3.65. The van der Waals surface area contributed by atoms with Gasteiger partial charge >= 0.3 is 0 Å². The van der Waals surface area contributed by atoms with Crippen LogP contribution in [0, 0.1) is 0 Å². The molecule has 0 bridgehead atoms. The average Bonchev–Trinajstić information content (AvgIpc) is 2.88. The van der Waals surface area contributed by atoms with Gasteiger partial charge in [-0.2, -0.15) is 0 Å². The number of phenols is 1. The quantitative estimate of drug-likeness (QED) is 0.217. The summed E-state index contributed by atoms with van der Waals surface area (Å²) in [4.78, 5) is 26.5. The number of carbonyl (C=O) groups is 1. The summed E-state index contributed by atoms with van der Waals surface area (Å²) in [6.07, 6.45) is 0.240. The molecule has 5 N–H and O–H groups in total. The molecular formula is C29H30ClN3O4. The van der Waals surface area contributed by atoms with Crippen LogP contribution in [0.2, 0.25) is 5.02 Å². The minimum Gasteiger partial charge on any atom is -0.506 e. The summed E-state index contributed by atoms with van der Waals surface area (Å²) in [6, 6.07) is 21.5. The highest BCUT2D eigenvalue weighted by molar-refractivity contribution is 6.30. The van der Waals surface area contributed by atoms with Crippen LogP contribution in [0.25, 0.3) is 10.9 Å². The number of hydrogen-bond acceptors (Lipinski definition) is 5. The molecule has 7 nitrogen and oxygen atoms in total. The van der Waals surface area contributed by atoms with Gasteiger partial charge in [-0.3, -0.25) is 9.59 Å². The zero-order chi connectivity index (χ0) is 26.4. The molecule has 1 heterocycles. The third kappa shape index (κ3) is 7.20. The molecule has 3 aromatic carbocycles. The Kier molecular flexibility index (Phi) is 8.61. The lowest BCUT2D eigenvalue weighted by molar-refractivity contribution is -0.120. The lowest BCUT2D eigenvalue weighted by Gasteiger charge is -2.19. The molecule has 0 aliphatic carbocycles. The Labute approximate surface area is 220 Å². The smallest absolute Gasteiger partial charge is 0.248 e. The zero-order valence-electron chi connectivity index (χ0n) is 20.5. The van der Waals surface area contributed by atoms with Crippen molar-refractivity contribution in [1.82, 2.24) is 15.6 Å². The van der Waals surface area contributed by atoms with Crippen molar-refractivity contribution in [3.8, 4) is 5.75 Å². The molecule has 0 unspecified atom stereocenters. The van der Waals surface area contributed by atoms with Crippen molar-refractivity contribution in [1.29, 1.82) is 0 Å². The molecule has 1 amide bonds. The number of halogens is 1. The van der Waals surface area contributed by atoms with E-state index in [4.69, 9.17) is 11.6 Å². The van der Waals surface area contributed by atoms with E-state index in [0.717, 1.165) is 23.1 Å². The first-order valence-electron chi connectivity index (χ1n) is 12.1. The largest absolute Gasteiger partial charge is 0.506 e. The molecule has 4 aromatic rings. The van der Waals surface area contributed by atoms with Crippen molar-refractivity contribution in [2.24, 2.45) is 0 Å². The number of amides is 1. The molecule has 192 valence electrons. The van der Waals surface area contributed by atoms with Gasteiger partial charge in [-0.15, -0.1) is 0 Å². The van der Waals surface area contributed by atoms with E-state index in [1.165, 1.54) is 12.1 Å². The number of benzene rings is 3. The van der Waals surface area contributed by atoms with Gasteiger partial charge in [0.15, 0.2) is 0 Å². The minimum absolute atomic E-state index is 0.0348. The van der Waals surface area contributed by atoms with Gasteiger partial charge in [-0.25, -0.2) is 0 Å². The SMILES string of the molecule is C[C@H](Cc1ccc(CC(=O)NCc2ccc(Cl)cc2)cc1)NC[C@H](O)c1ccc(O)c2[nH]c(=O)ccc12. The van der Waals surface area contributed by atoms with Gasteiger partial charge in [0.25, 0.3) is 0 Å². The molecule has 0 fully saturated rings. The maximum atomic E-state index is 12.3.